The van der Waals surface area contributed by atoms with E-state index < -0.39 is 0 Å². The first-order valence-electron chi connectivity index (χ1n) is 8.23. The average molecular weight is 312 g/mol. The summed E-state index contributed by atoms with van der Waals surface area (Å²) in [5.41, 5.74) is 4.86. The summed E-state index contributed by atoms with van der Waals surface area (Å²) in [7, 11) is 0. The van der Waals surface area contributed by atoms with E-state index in [0.717, 1.165) is 35.7 Å². The highest BCUT2D eigenvalue weighted by molar-refractivity contribution is 5.96. The normalized spacial score (nSPS) is 15.7. The molecule has 122 valence electrons. The van der Waals surface area contributed by atoms with E-state index in [-0.39, 0.29) is 11.8 Å². The Kier molecular flexibility index (Phi) is 4.37. The van der Waals surface area contributed by atoms with Crippen molar-refractivity contribution in [2.24, 2.45) is 0 Å². The van der Waals surface area contributed by atoms with E-state index in [1.807, 2.05) is 32.9 Å². The molecule has 0 saturated carbocycles. The van der Waals surface area contributed by atoms with Crippen molar-refractivity contribution in [1.29, 1.82) is 0 Å². The molecule has 23 heavy (non-hydrogen) atoms. The summed E-state index contributed by atoms with van der Waals surface area (Å²) in [5.74, 6) is -0.236. The van der Waals surface area contributed by atoms with Crippen molar-refractivity contribution in [2.75, 3.05) is 23.3 Å². The fraction of sp³-hybridized carbons (Fsp3) is 0.444. The van der Waals surface area contributed by atoms with Crippen LogP contribution in [0.1, 0.15) is 42.6 Å². The lowest BCUT2D eigenvalue weighted by molar-refractivity contribution is -0.117. The Morgan fingerprint density at radius 1 is 1.30 bits per heavy atom. The van der Waals surface area contributed by atoms with Crippen LogP contribution < -0.4 is 10.2 Å². The number of benzene rings is 1. The van der Waals surface area contributed by atoms with E-state index in [1.54, 1.807) is 0 Å². The second kappa shape index (κ2) is 6.44. The largest absolute Gasteiger partial charge is 0.371 e. The number of carbonyl (C=O) groups excluding carboxylic acids is 1. The van der Waals surface area contributed by atoms with Crippen molar-refractivity contribution in [3.05, 3.63) is 41.2 Å². The van der Waals surface area contributed by atoms with Gasteiger partial charge < -0.3 is 10.2 Å². The molecule has 1 fully saturated rings. The van der Waals surface area contributed by atoms with Gasteiger partial charge in [0.15, 0.2) is 0 Å². The molecule has 1 aliphatic heterocycles. The van der Waals surface area contributed by atoms with Crippen molar-refractivity contribution in [1.82, 2.24) is 10.2 Å². The van der Waals surface area contributed by atoms with E-state index in [0.29, 0.717) is 0 Å². The molecule has 0 aliphatic carbocycles. The Bertz CT molecular complexity index is 681. The maximum absolute atomic E-state index is 12.6. The smallest absolute Gasteiger partial charge is 0.231 e. The first-order valence-corrected chi connectivity index (χ1v) is 8.23. The number of hydrogen-bond acceptors (Lipinski definition) is 3. The van der Waals surface area contributed by atoms with E-state index in [2.05, 4.69) is 32.5 Å². The van der Waals surface area contributed by atoms with Crippen LogP contribution in [0, 0.1) is 13.8 Å². The third kappa shape index (κ3) is 3.23. The van der Waals surface area contributed by atoms with E-state index >= 15 is 0 Å². The van der Waals surface area contributed by atoms with Crippen molar-refractivity contribution in [2.45, 2.75) is 39.5 Å². The number of carbonyl (C=O) groups is 1. The molecule has 1 atom stereocenters. The number of nitrogens with one attached hydrogen (secondary N) is 2. The van der Waals surface area contributed by atoms with Crippen LogP contribution in [0.5, 0.6) is 0 Å². The molecule has 1 amide bonds. The summed E-state index contributed by atoms with van der Waals surface area (Å²) in [4.78, 5) is 14.9. The molecule has 1 saturated heterocycles. The van der Waals surface area contributed by atoms with Gasteiger partial charge in [-0.3, -0.25) is 9.89 Å². The quantitative estimate of drug-likeness (QED) is 0.910. The second-order valence-electron chi connectivity index (χ2n) is 6.30. The number of amides is 1. The first-order chi connectivity index (χ1) is 11.1. The van der Waals surface area contributed by atoms with Gasteiger partial charge in [-0.15, -0.1) is 0 Å². The maximum Gasteiger partial charge on any atom is 0.231 e. The van der Waals surface area contributed by atoms with E-state index in [9.17, 15) is 4.79 Å². The third-order valence-electron chi connectivity index (χ3n) is 4.60. The van der Waals surface area contributed by atoms with Crippen LogP contribution in [-0.4, -0.2) is 29.2 Å². The van der Waals surface area contributed by atoms with Gasteiger partial charge in [-0.05, 0) is 51.8 Å². The molecule has 1 aliphatic rings. The molecule has 1 aromatic carbocycles. The van der Waals surface area contributed by atoms with E-state index in [4.69, 9.17) is 0 Å². The van der Waals surface area contributed by atoms with Gasteiger partial charge in [-0.1, -0.05) is 6.07 Å². The average Bonchev–Trinajstić information content (AvgIpc) is 3.17. The predicted octanol–water partition coefficient (Wildman–Crippen LogP) is 3.37. The highest BCUT2D eigenvalue weighted by Gasteiger charge is 2.21. The van der Waals surface area contributed by atoms with Crippen LogP contribution in [0.25, 0.3) is 0 Å². The molecule has 0 radical (unpaired) electrons. The fourth-order valence-electron chi connectivity index (χ4n) is 3.33. The van der Waals surface area contributed by atoms with E-state index in [1.165, 1.54) is 18.5 Å². The van der Waals surface area contributed by atoms with Crippen LogP contribution in [0.3, 0.4) is 0 Å². The lowest BCUT2D eigenvalue weighted by Gasteiger charge is -2.19. The molecule has 0 bridgehead atoms. The highest BCUT2D eigenvalue weighted by atomic mass is 16.1. The fourth-order valence-corrected chi connectivity index (χ4v) is 3.33. The number of H-pyrrole nitrogens is 1. The number of anilines is 2. The molecular weight excluding hydrogens is 288 g/mol. The van der Waals surface area contributed by atoms with Crippen molar-refractivity contribution >= 4 is 17.3 Å². The van der Waals surface area contributed by atoms with Crippen molar-refractivity contribution < 1.29 is 4.79 Å². The van der Waals surface area contributed by atoms with Crippen LogP contribution in [-0.2, 0) is 4.79 Å². The van der Waals surface area contributed by atoms with Gasteiger partial charge >= 0.3 is 0 Å². The molecule has 3 rings (SSSR count). The first kappa shape index (κ1) is 15.6. The lowest BCUT2D eigenvalue weighted by atomic mass is 9.98. The number of rotatable bonds is 4. The van der Waals surface area contributed by atoms with Crippen LogP contribution in [0.2, 0.25) is 0 Å². The summed E-state index contributed by atoms with van der Waals surface area (Å²) in [6.07, 6.45) is 2.49. The highest BCUT2D eigenvalue weighted by Crippen LogP contribution is 2.26. The predicted molar refractivity (Wildman–Crippen MR) is 93.0 cm³/mol. The SMILES string of the molecule is Cc1n[nH]c(C)c1C(C)C(=O)Nc1cccc(N2CCCC2)c1. The minimum atomic E-state index is -0.232. The van der Waals surface area contributed by atoms with Gasteiger partial charge in [0.2, 0.25) is 5.91 Å². The summed E-state index contributed by atoms with van der Waals surface area (Å²) >= 11 is 0. The molecular formula is C18H24N4O. The third-order valence-corrected chi connectivity index (χ3v) is 4.60. The zero-order chi connectivity index (χ0) is 16.4. The molecule has 5 heteroatoms. The zero-order valence-corrected chi connectivity index (χ0v) is 14.0. The molecule has 2 heterocycles. The Morgan fingerprint density at radius 2 is 2.04 bits per heavy atom. The second-order valence-corrected chi connectivity index (χ2v) is 6.30. The Labute approximate surface area is 137 Å². The van der Waals surface area contributed by atoms with Gasteiger partial charge in [0.05, 0.1) is 11.6 Å². The molecule has 0 spiro atoms. The molecule has 2 aromatic rings. The minimum absolute atomic E-state index is 0.00354. The van der Waals surface area contributed by atoms with Crippen LogP contribution in [0.4, 0.5) is 11.4 Å². The monoisotopic (exact) mass is 312 g/mol. The van der Waals surface area contributed by atoms with Gasteiger partial charge in [0.1, 0.15) is 0 Å². The number of nitrogens with zero attached hydrogens (tertiary/aromatic N) is 2. The molecule has 1 aromatic heterocycles. The molecule has 1 unspecified atom stereocenters. The van der Waals surface area contributed by atoms with Gasteiger partial charge in [-0.2, -0.15) is 5.10 Å². The zero-order valence-electron chi connectivity index (χ0n) is 14.0. The Balaban J connectivity index is 1.74. The summed E-state index contributed by atoms with van der Waals surface area (Å²) in [5, 5.41) is 10.2. The van der Waals surface area contributed by atoms with Crippen LogP contribution >= 0.6 is 0 Å². The van der Waals surface area contributed by atoms with Gasteiger partial charge in [0.25, 0.3) is 0 Å². The molecule has 5 nitrogen and oxygen atoms in total. The van der Waals surface area contributed by atoms with Crippen molar-refractivity contribution in [3.8, 4) is 0 Å². The Morgan fingerprint density at radius 3 is 2.70 bits per heavy atom. The summed E-state index contributed by atoms with van der Waals surface area (Å²) in [6.45, 7) is 8.00. The number of aromatic nitrogens is 2. The van der Waals surface area contributed by atoms with Gasteiger partial charge in [-0.25, -0.2) is 0 Å². The summed E-state index contributed by atoms with van der Waals surface area (Å²) < 4.78 is 0. The van der Waals surface area contributed by atoms with Gasteiger partial charge in [0, 0.05) is 35.7 Å². The number of aryl methyl sites for hydroxylation is 2. The molecule has 2 N–H and O–H groups in total. The van der Waals surface area contributed by atoms with Crippen molar-refractivity contribution in [3.63, 3.8) is 0 Å². The lowest BCUT2D eigenvalue weighted by Crippen LogP contribution is -2.21. The maximum atomic E-state index is 12.6. The topological polar surface area (TPSA) is 61.0 Å². The summed E-state index contributed by atoms with van der Waals surface area (Å²) in [6, 6.07) is 8.11. The number of hydrogen-bond donors (Lipinski definition) is 2. The number of aromatic amines is 1. The standard InChI is InChI=1S/C18H24N4O/c1-12(17-13(2)20-21-14(17)3)18(23)19-15-7-6-8-16(11-15)22-9-4-5-10-22/h6-8,11-12H,4-5,9-10H2,1-3H3,(H,19,23)(H,20,21). The van der Waals surface area contributed by atoms with Crippen LogP contribution in [0.15, 0.2) is 24.3 Å². The Hall–Kier alpha value is -2.30. The minimum Gasteiger partial charge on any atom is -0.371 e.